The van der Waals surface area contributed by atoms with Gasteiger partial charge in [-0.05, 0) is 40.8 Å². The quantitative estimate of drug-likeness (QED) is 0.727. The Kier molecular flexibility index (Phi) is 4.54. The fourth-order valence-corrected chi connectivity index (χ4v) is 2.15. The largest absolute Gasteiger partial charge is 0.573 e. The molecule has 0 amide bonds. The van der Waals surface area contributed by atoms with E-state index < -0.39 is 6.36 Å². The Morgan fingerprint density at radius 1 is 1.09 bits per heavy atom. The Morgan fingerprint density at radius 3 is 2.41 bits per heavy atom. The number of halogens is 3. The van der Waals surface area contributed by atoms with Gasteiger partial charge in [0.25, 0.3) is 0 Å². The molecule has 0 fully saturated rings. The normalized spacial score (nSPS) is 11.5. The predicted octanol–water partition coefficient (Wildman–Crippen LogP) is 5.19. The first kappa shape index (κ1) is 16.1. The average Bonchev–Trinajstić information content (AvgIpc) is 2.45. The summed E-state index contributed by atoms with van der Waals surface area (Å²) in [5.41, 5.74) is 2.45. The lowest BCUT2D eigenvalue weighted by atomic mass is 9.95. The van der Waals surface area contributed by atoms with E-state index in [1.807, 2.05) is 32.0 Å². The van der Waals surface area contributed by atoms with Crippen LogP contribution in [0.1, 0.15) is 35.7 Å². The number of ether oxygens (including phenoxy) is 1. The lowest BCUT2D eigenvalue weighted by Crippen LogP contribution is -2.17. The van der Waals surface area contributed by atoms with Crippen molar-refractivity contribution in [2.24, 2.45) is 0 Å². The van der Waals surface area contributed by atoms with E-state index in [1.165, 1.54) is 12.1 Å². The maximum Gasteiger partial charge on any atom is 0.573 e. The zero-order valence-corrected chi connectivity index (χ0v) is 12.1. The second kappa shape index (κ2) is 6.22. The highest BCUT2D eigenvalue weighted by Crippen LogP contribution is 2.31. The molecule has 2 aromatic rings. The summed E-state index contributed by atoms with van der Waals surface area (Å²) in [6, 6.07) is 11.1. The zero-order chi connectivity index (χ0) is 16.3. The highest BCUT2D eigenvalue weighted by molar-refractivity contribution is 5.88. The predicted molar refractivity (Wildman–Crippen MR) is 78.0 cm³/mol. The number of carbonyl (C=O) groups is 1. The van der Waals surface area contributed by atoms with Crippen LogP contribution in [0.3, 0.4) is 0 Å². The summed E-state index contributed by atoms with van der Waals surface area (Å²) in [6.07, 6.45) is -4.14. The van der Waals surface area contributed by atoms with Gasteiger partial charge in [-0.25, -0.2) is 0 Å². The van der Waals surface area contributed by atoms with Crippen molar-refractivity contribution >= 4 is 6.29 Å². The maximum absolute atomic E-state index is 12.3. The van der Waals surface area contributed by atoms with Crippen molar-refractivity contribution in [2.45, 2.75) is 26.1 Å². The molecule has 22 heavy (non-hydrogen) atoms. The molecule has 0 radical (unpaired) electrons. The summed E-state index contributed by atoms with van der Waals surface area (Å²) >= 11 is 0. The highest BCUT2D eigenvalue weighted by atomic mass is 19.4. The second-order valence-electron chi connectivity index (χ2n) is 5.19. The number of hydrogen-bond donors (Lipinski definition) is 0. The van der Waals surface area contributed by atoms with Gasteiger partial charge in [0.05, 0.1) is 0 Å². The van der Waals surface area contributed by atoms with E-state index in [0.29, 0.717) is 23.0 Å². The van der Waals surface area contributed by atoms with Crippen LogP contribution in [0, 0.1) is 0 Å². The Hall–Kier alpha value is -2.30. The lowest BCUT2D eigenvalue weighted by molar-refractivity contribution is -0.274. The Bertz CT molecular complexity index is 676. The van der Waals surface area contributed by atoms with Gasteiger partial charge in [-0.2, -0.15) is 0 Å². The van der Waals surface area contributed by atoms with Crippen molar-refractivity contribution in [1.29, 1.82) is 0 Å². The molecule has 0 atom stereocenters. The molecular weight excluding hydrogens is 293 g/mol. The molecule has 0 spiro atoms. The molecule has 2 aromatic carbocycles. The maximum atomic E-state index is 12.3. The number of rotatable bonds is 4. The van der Waals surface area contributed by atoms with Crippen LogP contribution in [0.2, 0.25) is 0 Å². The molecule has 2 rings (SSSR count). The van der Waals surface area contributed by atoms with Crippen molar-refractivity contribution in [3.8, 4) is 16.9 Å². The molecule has 5 heteroatoms. The molecule has 0 saturated heterocycles. The molecule has 0 saturated carbocycles. The summed E-state index contributed by atoms with van der Waals surface area (Å²) in [5, 5.41) is 0. The number of aldehydes is 1. The second-order valence-corrected chi connectivity index (χ2v) is 5.19. The molecule has 0 heterocycles. The molecule has 0 aliphatic heterocycles. The minimum absolute atomic E-state index is 0.272. The van der Waals surface area contributed by atoms with Gasteiger partial charge in [-0.15, -0.1) is 13.2 Å². The third-order valence-corrected chi connectivity index (χ3v) is 3.25. The molecule has 0 aliphatic rings. The van der Waals surface area contributed by atoms with Crippen molar-refractivity contribution < 1.29 is 22.7 Å². The Balaban J connectivity index is 2.50. The Morgan fingerprint density at radius 2 is 1.82 bits per heavy atom. The minimum Gasteiger partial charge on any atom is -0.406 e. The van der Waals surface area contributed by atoms with Gasteiger partial charge in [0.2, 0.25) is 0 Å². The van der Waals surface area contributed by atoms with Crippen LogP contribution in [0.4, 0.5) is 13.2 Å². The first-order chi connectivity index (χ1) is 10.3. The number of benzene rings is 2. The van der Waals surface area contributed by atoms with E-state index >= 15 is 0 Å². The third kappa shape index (κ3) is 3.87. The highest BCUT2D eigenvalue weighted by Gasteiger charge is 2.31. The first-order valence-electron chi connectivity index (χ1n) is 6.75. The minimum atomic E-state index is -4.76. The summed E-state index contributed by atoms with van der Waals surface area (Å²) < 4.78 is 40.9. The van der Waals surface area contributed by atoms with E-state index in [-0.39, 0.29) is 11.7 Å². The van der Waals surface area contributed by atoms with E-state index in [2.05, 4.69) is 4.74 Å². The van der Waals surface area contributed by atoms with Crippen LogP contribution in [-0.4, -0.2) is 12.6 Å². The number of hydrogen-bond acceptors (Lipinski definition) is 2. The van der Waals surface area contributed by atoms with E-state index in [0.717, 1.165) is 11.6 Å². The standard InChI is InChI=1S/C17H15F3O2/c1-11(2)12-4-3-5-13(8-12)16-9-15(22-17(18,19)20)7-6-14(16)10-21/h3-11H,1-2H3. The number of carbonyl (C=O) groups excluding carboxylic acids is 1. The van der Waals surface area contributed by atoms with Crippen molar-refractivity contribution in [2.75, 3.05) is 0 Å². The van der Waals surface area contributed by atoms with Gasteiger partial charge in [-0.1, -0.05) is 38.1 Å². The van der Waals surface area contributed by atoms with Crippen molar-refractivity contribution in [3.05, 3.63) is 53.6 Å². The molecule has 0 aromatic heterocycles. The molecule has 0 N–H and O–H groups in total. The lowest BCUT2D eigenvalue weighted by Gasteiger charge is -2.13. The van der Waals surface area contributed by atoms with Crippen LogP contribution >= 0.6 is 0 Å². The summed E-state index contributed by atoms with van der Waals surface area (Å²) in [4.78, 5) is 11.2. The monoisotopic (exact) mass is 308 g/mol. The van der Waals surface area contributed by atoms with Gasteiger partial charge in [0.15, 0.2) is 6.29 Å². The van der Waals surface area contributed by atoms with Crippen LogP contribution < -0.4 is 4.74 Å². The molecular formula is C17H15F3O2. The van der Waals surface area contributed by atoms with Crippen LogP contribution in [-0.2, 0) is 0 Å². The van der Waals surface area contributed by atoms with Gasteiger partial charge >= 0.3 is 6.36 Å². The van der Waals surface area contributed by atoms with Crippen LogP contribution in [0.15, 0.2) is 42.5 Å². The molecule has 116 valence electrons. The molecule has 0 aliphatic carbocycles. The number of alkyl halides is 3. The van der Waals surface area contributed by atoms with Crippen molar-refractivity contribution in [3.63, 3.8) is 0 Å². The Labute approximate surface area is 126 Å². The summed E-state index contributed by atoms with van der Waals surface area (Å²) in [5.74, 6) is -0.0720. The van der Waals surface area contributed by atoms with E-state index in [9.17, 15) is 18.0 Å². The third-order valence-electron chi connectivity index (χ3n) is 3.25. The summed E-state index contributed by atoms with van der Waals surface area (Å²) in [6.45, 7) is 4.03. The zero-order valence-electron chi connectivity index (χ0n) is 12.1. The fourth-order valence-electron chi connectivity index (χ4n) is 2.15. The van der Waals surface area contributed by atoms with Gasteiger partial charge in [-0.3, -0.25) is 4.79 Å². The fraction of sp³-hybridized carbons (Fsp3) is 0.235. The first-order valence-corrected chi connectivity index (χ1v) is 6.75. The smallest absolute Gasteiger partial charge is 0.406 e. The van der Waals surface area contributed by atoms with E-state index in [1.54, 1.807) is 6.07 Å². The van der Waals surface area contributed by atoms with Crippen LogP contribution in [0.25, 0.3) is 11.1 Å². The van der Waals surface area contributed by atoms with E-state index in [4.69, 9.17) is 0 Å². The van der Waals surface area contributed by atoms with Gasteiger partial charge < -0.3 is 4.74 Å². The average molecular weight is 308 g/mol. The SMILES string of the molecule is CC(C)c1cccc(-c2cc(OC(F)(F)F)ccc2C=O)c1. The summed E-state index contributed by atoms with van der Waals surface area (Å²) in [7, 11) is 0. The topological polar surface area (TPSA) is 26.3 Å². The van der Waals surface area contributed by atoms with Gasteiger partial charge in [0, 0.05) is 5.56 Å². The van der Waals surface area contributed by atoms with Crippen molar-refractivity contribution in [1.82, 2.24) is 0 Å². The van der Waals surface area contributed by atoms with Crippen LogP contribution in [0.5, 0.6) is 5.75 Å². The molecule has 2 nitrogen and oxygen atoms in total. The molecule has 0 bridgehead atoms. The van der Waals surface area contributed by atoms with Gasteiger partial charge in [0.1, 0.15) is 5.75 Å². The molecule has 0 unspecified atom stereocenters.